The summed E-state index contributed by atoms with van der Waals surface area (Å²) in [6, 6.07) is 21.1. The Morgan fingerprint density at radius 1 is 0.968 bits per heavy atom. The minimum Gasteiger partial charge on any atom is -0.329 e. The number of benzene rings is 2. The lowest BCUT2D eigenvalue weighted by Gasteiger charge is -2.20. The molecule has 3 aromatic rings. The van der Waals surface area contributed by atoms with E-state index in [4.69, 9.17) is 5.26 Å². The third-order valence-corrected chi connectivity index (χ3v) is 5.37. The van der Waals surface area contributed by atoms with Crippen LogP contribution < -0.4 is 5.32 Å². The summed E-state index contributed by atoms with van der Waals surface area (Å²) in [5.41, 5.74) is 4.47. The number of nitrogens with one attached hydrogen (secondary N) is 1. The van der Waals surface area contributed by atoms with E-state index in [9.17, 15) is 0 Å². The van der Waals surface area contributed by atoms with Crippen molar-refractivity contribution in [3.05, 3.63) is 89.5 Å². The second-order valence-corrected chi connectivity index (χ2v) is 7.30. The first-order chi connectivity index (χ1) is 13.8. The Bertz CT molecular complexity index is 938. The zero-order chi connectivity index (χ0) is 19.2. The predicted octanol–water partition coefficient (Wildman–Crippen LogP) is 4.61. The first-order valence-corrected chi connectivity index (χ1v) is 9.80. The fraction of sp³-hybridized carbons (Fsp3) is 0.304. The average molecular weight is 481 g/mol. The van der Waals surface area contributed by atoms with Gasteiger partial charge in [0, 0.05) is 45.0 Å². The van der Waals surface area contributed by atoms with Crippen LogP contribution in [0.15, 0.2) is 67.1 Å². The molecule has 5 nitrogen and oxygen atoms in total. The van der Waals surface area contributed by atoms with E-state index < -0.39 is 0 Å². The first kappa shape index (κ1) is 27.0. The lowest BCUT2D eigenvalue weighted by Crippen LogP contribution is -2.28. The van der Waals surface area contributed by atoms with Gasteiger partial charge in [0.1, 0.15) is 0 Å². The molecular weight excluding hydrogens is 453 g/mol. The van der Waals surface area contributed by atoms with Crippen LogP contribution in [0.4, 0.5) is 0 Å². The standard InChI is InChI=1S/C23H25N5.3ClH/c24-14-19-6-8-20(9-7-19)16-28-18-25-15-22(28)17-27-12-10-23(26-11-13-27)21-4-2-1-3-5-21;;;/h1-9,15,18,23,26H,10-13,16-17H2;3*1H. The Morgan fingerprint density at radius 3 is 2.42 bits per heavy atom. The highest BCUT2D eigenvalue weighted by molar-refractivity contribution is 5.86. The van der Waals surface area contributed by atoms with Gasteiger partial charge in [-0.05, 0) is 29.7 Å². The van der Waals surface area contributed by atoms with Crippen molar-refractivity contribution in [3.8, 4) is 6.07 Å². The topological polar surface area (TPSA) is 56.9 Å². The van der Waals surface area contributed by atoms with Crippen molar-refractivity contribution in [1.82, 2.24) is 19.8 Å². The fourth-order valence-corrected chi connectivity index (χ4v) is 3.78. The highest BCUT2D eigenvalue weighted by Crippen LogP contribution is 2.20. The van der Waals surface area contributed by atoms with E-state index in [1.807, 2.05) is 36.8 Å². The van der Waals surface area contributed by atoms with Gasteiger partial charge in [0.2, 0.25) is 0 Å². The maximum absolute atomic E-state index is 8.95. The fourth-order valence-electron chi connectivity index (χ4n) is 3.78. The second-order valence-electron chi connectivity index (χ2n) is 7.30. The van der Waals surface area contributed by atoms with Crippen LogP contribution in [0.3, 0.4) is 0 Å². The van der Waals surface area contributed by atoms with Gasteiger partial charge in [-0.15, -0.1) is 37.2 Å². The van der Waals surface area contributed by atoms with Crippen molar-refractivity contribution >= 4 is 37.2 Å². The van der Waals surface area contributed by atoms with Crippen molar-refractivity contribution in [2.45, 2.75) is 25.6 Å². The SMILES string of the molecule is Cl.Cl.Cl.N#Cc1ccc(Cn2cncc2CN2CCNC(c3ccccc3)CC2)cc1. The third-order valence-electron chi connectivity index (χ3n) is 5.37. The molecule has 2 heterocycles. The number of nitrogens with zero attached hydrogens (tertiary/aromatic N) is 4. The Balaban J connectivity index is 0.00000160. The molecule has 1 unspecified atom stereocenters. The molecule has 1 aromatic heterocycles. The maximum Gasteiger partial charge on any atom is 0.0991 e. The summed E-state index contributed by atoms with van der Waals surface area (Å²) in [5.74, 6) is 0. The average Bonchev–Trinajstić information content (AvgIpc) is 3.03. The van der Waals surface area contributed by atoms with Gasteiger partial charge in [-0.3, -0.25) is 4.90 Å². The summed E-state index contributed by atoms with van der Waals surface area (Å²) in [6.45, 7) is 4.77. The Labute approximate surface area is 202 Å². The van der Waals surface area contributed by atoms with Crippen LogP contribution in [0.5, 0.6) is 0 Å². The molecule has 1 fully saturated rings. The van der Waals surface area contributed by atoms with E-state index in [-0.39, 0.29) is 37.2 Å². The van der Waals surface area contributed by atoms with Gasteiger partial charge in [0.05, 0.1) is 23.7 Å². The van der Waals surface area contributed by atoms with Crippen molar-refractivity contribution in [2.75, 3.05) is 19.6 Å². The number of halogens is 3. The maximum atomic E-state index is 8.95. The smallest absolute Gasteiger partial charge is 0.0991 e. The number of nitriles is 1. The molecule has 31 heavy (non-hydrogen) atoms. The number of aromatic nitrogens is 2. The Morgan fingerprint density at radius 2 is 1.71 bits per heavy atom. The highest BCUT2D eigenvalue weighted by Gasteiger charge is 2.18. The predicted molar refractivity (Wildman–Crippen MR) is 131 cm³/mol. The first-order valence-electron chi connectivity index (χ1n) is 9.80. The van der Waals surface area contributed by atoms with Gasteiger partial charge in [-0.1, -0.05) is 42.5 Å². The quantitative estimate of drug-likeness (QED) is 0.579. The molecule has 0 saturated carbocycles. The summed E-state index contributed by atoms with van der Waals surface area (Å²) < 4.78 is 2.20. The lowest BCUT2D eigenvalue weighted by atomic mass is 10.0. The molecule has 1 atom stereocenters. The van der Waals surface area contributed by atoms with Gasteiger partial charge in [-0.25, -0.2) is 4.98 Å². The monoisotopic (exact) mass is 479 g/mol. The molecule has 0 radical (unpaired) electrons. The molecule has 1 aliphatic rings. The van der Waals surface area contributed by atoms with Crippen molar-refractivity contribution in [3.63, 3.8) is 0 Å². The van der Waals surface area contributed by atoms with E-state index in [1.165, 1.54) is 16.8 Å². The summed E-state index contributed by atoms with van der Waals surface area (Å²) in [7, 11) is 0. The van der Waals surface area contributed by atoms with Gasteiger partial charge < -0.3 is 9.88 Å². The molecule has 4 rings (SSSR count). The molecule has 0 bridgehead atoms. The molecule has 0 spiro atoms. The summed E-state index contributed by atoms with van der Waals surface area (Å²) in [5, 5.41) is 12.6. The molecule has 1 aliphatic heterocycles. The molecule has 0 amide bonds. The number of hydrogen-bond donors (Lipinski definition) is 1. The third kappa shape index (κ3) is 7.24. The minimum absolute atomic E-state index is 0. The second kappa shape index (κ2) is 13.4. The summed E-state index contributed by atoms with van der Waals surface area (Å²) in [6.07, 6.45) is 4.97. The molecule has 166 valence electrons. The largest absolute Gasteiger partial charge is 0.329 e. The summed E-state index contributed by atoms with van der Waals surface area (Å²) in [4.78, 5) is 6.87. The van der Waals surface area contributed by atoms with Gasteiger partial charge in [-0.2, -0.15) is 5.26 Å². The number of rotatable bonds is 5. The van der Waals surface area contributed by atoms with E-state index in [1.54, 1.807) is 0 Å². The Kier molecular flexibility index (Phi) is 11.6. The normalized spacial score (nSPS) is 16.0. The van der Waals surface area contributed by atoms with Gasteiger partial charge in [0.15, 0.2) is 0 Å². The van der Waals surface area contributed by atoms with E-state index in [0.717, 1.165) is 39.1 Å². The van der Waals surface area contributed by atoms with Crippen LogP contribution in [-0.2, 0) is 13.1 Å². The summed E-state index contributed by atoms with van der Waals surface area (Å²) >= 11 is 0. The van der Waals surface area contributed by atoms with Crippen LogP contribution in [0.25, 0.3) is 0 Å². The molecule has 1 N–H and O–H groups in total. The highest BCUT2D eigenvalue weighted by atomic mass is 35.5. The zero-order valence-corrected chi connectivity index (χ0v) is 19.6. The molecule has 1 saturated heterocycles. The van der Waals surface area contributed by atoms with Crippen molar-refractivity contribution in [2.24, 2.45) is 0 Å². The van der Waals surface area contributed by atoms with E-state index >= 15 is 0 Å². The van der Waals surface area contributed by atoms with Crippen LogP contribution >= 0.6 is 37.2 Å². The van der Waals surface area contributed by atoms with E-state index in [0.29, 0.717) is 11.6 Å². The van der Waals surface area contributed by atoms with Crippen LogP contribution in [-0.4, -0.2) is 34.1 Å². The van der Waals surface area contributed by atoms with Crippen LogP contribution in [0.2, 0.25) is 0 Å². The van der Waals surface area contributed by atoms with Crippen LogP contribution in [0.1, 0.15) is 34.8 Å². The van der Waals surface area contributed by atoms with Crippen molar-refractivity contribution < 1.29 is 0 Å². The van der Waals surface area contributed by atoms with Gasteiger partial charge >= 0.3 is 0 Å². The Hall–Kier alpha value is -2.07. The molecule has 2 aromatic carbocycles. The van der Waals surface area contributed by atoms with Crippen molar-refractivity contribution in [1.29, 1.82) is 5.26 Å². The zero-order valence-electron chi connectivity index (χ0n) is 17.2. The van der Waals surface area contributed by atoms with Gasteiger partial charge in [0.25, 0.3) is 0 Å². The lowest BCUT2D eigenvalue weighted by molar-refractivity contribution is 0.275. The van der Waals surface area contributed by atoms with E-state index in [2.05, 4.69) is 56.2 Å². The molecule has 0 aliphatic carbocycles. The molecule has 8 heteroatoms. The minimum atomic E-state index is 0. The number of hydrogen-bond acceptors (Lipinski definition) is 4. The molecular formula is C23H28Cl3N5. The number of imidazole rings is 1. The van der Waals surface area contributed by atoms with Crippen LogP contribution in [0, 0.1) is 11.3 Å².